The smallest absolute Gasteiger partial charge is 0.324 e. The van der Waals surface area contributed by atoms with E-state index < -0.39 is 23.8 Å². The molecule has 0 aromatic carbocycles. The lowest BCUT2D eigenvalue weighted by Gasteiger charge is -2.28. The SMILES string of the molecule is C=CC(C(=O)O)N1CC(=O)NC(=O)C1. The molecule has 0 radical (unpaired) electrons. The number of rotatable bonds is 3. The highest BCUT2D eigenvalue weighted by atomic mass is 16.4. The first-order chi connectivity index (χ1) is 6.54. The molecule has 1 heterocycles. The molecule has 6 heteroatoms. The predicted molar refractivity (Wildman–Crippen MR) is 46.3 cm³/mol. The van der Waals surface area contributed by atoms with Crippen molar-refractivity contribution < 1.29 is 19.5 Å². The van der Waals surface area contributed by atoms with E-state index in [-0.39, 0.29) is 13.1 Å². The number of carboxylic acids is 1. The maximum Gasteiger partial charge on any atom is 0.324 e. The third-order valence-corrected chi connectivity index (χ3v) is 1.84. The summed E-state index contributed by atoms with van der Waals surface area (Å²) in [6, 6.07) is -0.995. The van der Waals surface area contributed by atoms with E-state index in [2.05, 4.69) is 11.9 Å². The van der Waals surface area contributed by atoms with Crippen LogP contribution < -0.4 is 5.32 Å². The molecule has 1 aliphatic rings. The summed E-state index contributed by atoms with van der Waals surface area (Å²) < 4.78 is 0. The van der Waals surface area contributed by atoms with Gasteiger partial charge in [-0.3, -0.25) is 24.6 Å². The number of amides is 2. The van der Waals surface area contributed by atoms with Gasteiger partial charge in [0.2, 0.25) is 11.8 Å². The Labute approximate surface area is 80.2 Å². The number of nitrogens with one attached hydrogen (secondary N) is 1. The number of hydrogen-bond acceptors (Lipinski definition) is 4. The number of carboxylic acid groups (broad SMARTS) is 1. The van der Waals surface area contributed by atoms with Crippen molar-refractivity contribution in [1.29, 1.82) is 0 Å². The van der Waals surface area contributed by atoms with Crippen LogP contribution in [0.15, 0.2) is 12.7 Å². The van der Waals surface area contributed by atoms with Crippen molar-refractivity contribution in [3.63, 3.8) is 0 Å². The molecule has 2 amide bonds. The van der Waals surface area contributed by atoms with Crippen LogP contribution in [0.25, 0.3) is 0 Å². The summed E-state index contributed by atoms with van der Waals surface area (Å²) >= 11 is 0. The topological polar surface area (TPSA) is 86.7 Å². The van der Waals surface area contributed by atoms with Gasteiger partial charge < -0.3 is 5.11 Å². The van der Waals surface area contributed by atoms with Crippen molar-refractivity contribution in [2.24, 2.45) is 0 Å². The predicted octanol–water partition coefficient (Wildman–Crippen LogP) is -1.42. The molecule has 0 bridgehead atoms. The second kappa shape index (κ2) is 4.01. The van der Waals surface area contributed by atoms with Crippen molar-refractivity contribution in [2.75, 3.05) is 13.1 Å². The first-order valence-electron chi connectivity index (χ1n) is 3.96. The number of carbonyl (C=O) groups is 3. The standard InChI is InChI=1S/C8H10N2O4/c1-2-5(8(13)14)10-3-6(11)9-7(12)4-10/h2,5H,1,3-4H2,(H,13,14)(H,9,11,12). The molecule has 1 unspecified atom stereocenters. The lowest BCUT2D eigenvalue weighted by Crippen LogP contribution is -2.56. The van der Waals surface area contributed by atoms with Crippen LogP contribution in [-0.4, -0.2) is 46.9 Å². The third-order valence-electron chi connectivity index (χ3n) is 1.84. The molecule has 0 saturated carbocycles. The van der Waals surface area contributed by atoms with Crippen LogP contribution in [0.3, 0.4) is 0 Å². The minimum absolute atomic E-state index is 0.102. The molecule has 0 spiro atoms. The first-order valence-corrected chi connectivity index (χ1v) is 3.96. The highest BCUT2D eigenvalue weighted by molar-refractivity contribution is 5.99. The third kappa shape index (κ3) is 2.17. The summed E-state index contributed by atoms with van der Waals surface area (Å²) in [6.45, 7) is 3.14. The molecule has 1 rings (SSSR count). The molecule has 2 N–H and O–H groups in total. The summed E-state index contributed by atoms with van der Waals surface area (Å²) in [5.74, 6) is -2.11. The average Bonchev–Trinajstić information content (AvgIpc) is 2.02. The van der Waals surface area contributed by atoms with Gasteiger partial charge in [0.1, 0.15) is 6.04 Å². The van der Waals surface area contributed by atoms with E-state index in [1.165, 1.54) is 11.0 Å². The lowest BCUT2D eigenvalue weighted by atomic mass is 10.2. The van der Waals surface area contributed by atoms with Gasteiger partial charge in [0, 0.05) is 0 Å². The molecule has 14 heavy (non-hydrogen) atoms. The van der Waals surface area contributed by atoms with E-state index in [4.69, 9.17) is 5.11 Å². The molecule has 0 aromatic rings. The zero-order valence-corrected chi connectivity index (χ0v) is 7.40. The second-order valence-corrected chi connectivity index (χ2v) is 2.90. The monoisotopic (exact) mass is 198 g/mol. The fourth-order valence-electron chi connectivity index (χ4n) is 1.26. The van der Waals surface area contributed by atoms with Gasteiger partial charge in [0.15, 0.2) is 0 Å². The quantitative estimate of drug-likeness (QED) is 0.429. The summed E-state index contributed by atoms with van der Waals surface area (Å²) in [5, 5.41) is 10.8. The average molecular weight is 198 g/mol. The molecule has 6 nitrogen and oxygen atoms in total. The van der Waals surface area contributed by atoms with Crippen LogP contribution in [0.1, 0.15) is 0 Å². The molecule has 76 valence electrons. The number of carbonyl (C=O) groups excluding carboxylic acids is 2. The first kappa shape index (κ1) is 10.4. The lowest BCUT2D eigenvalue weighted by molar-refractivity contribution is -0.144. The number of hydrogen-bond donors (Lipinski definition) is 2. The molecular weight excluding hydrogens is 188 g/mol. The zero-order valence-electron chi connectivity index (χ0n) is 7.40. The van der Waals surface area contributed by atoms with Crippen molar-refractivity contribution in [1.82, 2.24) is 10.2 Å². The highest BCUT2D eigenvalue weighted by Gasteiger charge is 2.30. The molecular formula is C8H10N2O4. The van der Waals surface area contributed by atoms with Crippen molar-refractivity contribution >= 4 is 17.8 Å². The van der Waals surface area contributed by atoms with E-state index in [0.717, 1.165) is 0 Å². The molecule has 0 aliphatic carbocycles. The van der Waals surface area contributed by atoms with Gasteiger partial charge in [-0.2, -0.15) is 0 Å². The van der Waals surface area contributed by atoms with Crippen LogP contribution in [0.4, 0.5) is 0 Å². The van der Waals surface area contributed by atoms with Crippen LogP contribution in [0.2, 0.25) is 0 Å². The minimum Gasteiger partial charge on any atom is -0.480 e. The van der Waals surface area contributed by atoms with E-state index in [9.17, 15) is 14.4 Å². The van der Waals surface area contributed by atoms with Crippen molar-refractivity contribution in [2.45, 2.75) is 6.04 Å². The number of nitrogens with zero attached hydrogens (tertiary/aromatic N) is 1. The zero-order chi connectivity index (χ0) is 10.7. The summed E-state index contributed by atoms with van der Waals surface area (Å²) in [6.07, 6.45) is 1.19. The van der Waals surface area contributed by atoms with Gasteiger partial charge in [-0.15, -0.1) is 6.58 Å². The Morgan fingerprint density at radius 1 is 1.50 bits per heavy atom. The van der Waals surface area contributed by atoms with E-state index in [1.807, 2.05) is 0 Å². The Bertz CT molecular complexity index is 281. The molecule has 1 saturated heterocycles. The molecule has 1 fully saturated rings. The Morgan fingerprint density at radius 3 is 2.36 bits per heavy atom. The minimum atomic E-state index is -1.12. The summed E-state index contributed by atoms with van der Waals surface area (Å²) in [5.41, 5.74) is 0. The van der Waals surface area contributed by atoms with Gasteiger partial charge in [-0.05, 0) is 0 Å². The molecule has 1 atom stereocenters. The Morgan fingerprint density at radius 2 is 2.00 bits per heavy atom. The normalized spacial score (nSPS) is 20.0. The maximum absolute atomic E-state index is 10.9. The molecule has 0 aromatic heterocycles. The van der Waals surface area contributed by atoms with E-state index >= 15 is 0 Å². The van der Waals surface area contributed by atoms with Gasteiger partial charge in [-0.1, -0.05) is 6.08 Å². The van der Waals surface area contributed by atoms with Gasteiger partial charge >= 0.3 is 5.97 Å². The maximum atomic E-state index is 10.9. The van der Waals surface area contributed by atoms with Gasteiger partial charge in [0.25, 0.3) is 0 Å². The van der Waals surface area contributed by atoms with Crippen LogP contribution in [0, 0.1) is 0 Å². The number of imide groups is 1. The van der Waals surface area contributed by atoms with Crippen LogP contribution in [-0.2, 0) is 14.4 Å². The van der Waals surface area contributed by atoms with Crippen LogP contribution in [0.5, 0.6) is 0 Å². The Balaban J connectivity index is 2.75. The largest absolute Gasteiger partial charge is 0.480 e. The van der Waals surface area contributed by atoms with E-state index in [1.54, 1.807) is 0 Å². The number of aliphatic carboxylic acids is 1. The summed E-state index contributed by atoms with van der Waals surface area (Å²) in [4.78, 5) is 33.8. The Kier molecular flexibility index (Phi) is 2.98. The van der Waals surface area contributed by atoms with E-state index in [0.29, 0.717) is 0 Å². The second-order valence-electron chi connectivity index (χ2n) is 2.90. The number of piperazine rings is 1. The van der Waals surface area contributed by atoms with Gasteiger partial charge in [-0.25, -0.2) is 0 Å². The fourth-order valence-corrected chi connectivity index (χ4v) is 1.26. The van der Waals surface area contributed by atoms with Crippen molar-refractivity contribution in [3.05, 3.63) is 12.7 Å². The summed E-state index contributed by atoms with van der Waals surface area (Å²) in [7, 11) is 0. The van der Waals surface area contributed by atoms with Crippen molar-refractivity contribution in [3.8, 4) is 0 Å². The fraction of sp³-hybridized carbons (Fsp3) is 0.375. The Hall–Kier alpha value is -1.69. The van der Waals surface area contributed by atoms with Gasteiger partial charge in [0.05, 0.1) is 13.1 Å². The highest BCUT2D eigenvalue weighted by Crippen LogP contribution is 2.03. The van der Waals surface area contributed by atoms with Crippen LogP contribution >= 0.6 is 0 Å². The molecule has 1 aliphatic heterocycles.